The van der Waals surface area contributed by atoms with Crippen molar-refractivity contribution in [2.45, 2.75) is 63.6 Å². The summed E-state index contributed by atoms with van der Waals surface area (Å²) in [5, 5.41) is 3.46. The van der Waals surface area contributed by atoms with Gasteiger partial charge in [-0.05, 0) is 32.7 Å². The summed E-state index contributed by atoms with van der Waals surface area (Å²) in [7, 11) is 2.23. The van der Waals surface area contributed by atoms with Crippen molar-refractivity contribution in [1.29, 1.82) is 0 Å². The van der Waals surface area contributed by atoms with Crippen LogP contribution in [0.25, 0.3) is 0 Å². The van der Waals surface area contributed by atoms with Crippen LogP contribution in [0.5, 0.6) is 0 Å². The molecule has 5 heteroatoms. The van der Waals surface area contributed by atoms with E-state index in [1.54, 1.807) is 11.3 Å². The van der Waals surface area contributed by atoms with E-state index < -0.39 is 0 Å². The molecule has 1 atom stereocenters. The zero-order valence-corrected chi connectivity index (χ0v) is 14.8. The Morgan fingerprint density at radius 1 is 1.36 bits per heavy atom. The van der Waals surface area contributed by atoms with Gasteiger partial charge < -0.3 is 9.47 Å². The van der Waals surface area contributed by atoms with Crippen LogP contribution in [-0.4, -0.2) is 48.4 Å². The fourth-order valence-electron chi connectivity index (χ4n) is 3.52. The van der Waals surface area contributed by atoms with Crippen LogP contribution in [0, 0.1) is 0 Å². The number of aromatic nitrogens is 1. The molecule has 3 heterocycles. The van der Waals surface area contributed by atoms with Gasteiger partial charge in [-0.15, -0.1) is 11.3 Å². The van der Waals surface area contributed by atoms with Crippen molar-refractivity contribution >= 4 is 11.3 Å². The summed E-state index contributed by atoms with van der Waals surface area (Å²) in [6.07, 6.45) is 4.35. The molecule has 0 N–H and O–H groups in total. The van der Waals surface area contributed by atoms with E-state index in [1.807, 2.05) is 0 Å². The summed E-state index contributed by atoms with van der Waals surface area (Å²) in [6.45, 7) is 7.93. The zero-order valence-electron chi connectivity index (χ0n) is 14.0. The van der Waals surface area contributed by atoms with Crippen molar-refractivity contribution < 1.29 is 9.47 Å². The molecule has 2 saturated heterocycles. The first-order valence-corrected chi connectivity index (χ1v) is 9.32. The monoisotopic (exact) mass is 324 g/mol. The zero-order chi connectivity index (χ0) is 15.6. The Hall–Kier alpha value is -0.490. The minimum Gasteiger partial charge on any atom is -0.381 e. The van der Waals surface area contributed by atoms with E-state index >= 15 is 0 Å². The van der Waals surface area contributed by atoms with Gasteiger partial charge in [-0.1, -0.05) is 13.8 Å². The van der Waals surface area contributed by atoms with E-state index in [9.17, 15) is 0 Å². The molecule has 124 valence electrons. The molecule has 0 bridgehead atoms. The Balaban J connectivity index is 1.60. The van der Waals surface area contributed by atoms with Crippen molar-refractivity contribution in [2.24, 2.45) is 0 Å². The van der Waals surface area contributed by atoms with Gasteiger partial charge in [0.05, 0.1) is 16.3 Å². The Kier molecular flexibility index (Phi) is 5.17. The number of thiazole rings is 1. The second kappa shape index (κ2) is 6.95. The van der Waals surface area contributed by atoms with Crippen molar-refractivity contribution in [3.05, 3.63) is 16.1 Å². The average molecular weight is 324 g/mol. The van der Waals surface area contributed by atoms with E-state index in [2.05, 4.69) is 31.2 Å². The highest BCUT2D eigenvalue weighted by Crippen LogP contribution is 2.36. The molecule has 0 saturated carbocycles. The van der Waals surface area contributed by atoms with E-state index in [0.29, 0.717) is 12.0 Å². The van der Waals surface area contributed by atoms with Gasteiger partial charge >= 0.3 is 0 Å². The summed E-state index contributed by atoms with van der Waals surface area (Å²) >= 11 is 1.79. The van der Waals surface area contributed by atoms with Crippen LogP contribution in [0.4, 0.5) is 0 Å². The van der Waals surface area contributed by atoms with E-state index in [0.717, 1.165) is 52.0 Å². The highest BCUT2D eigenvalue weighted by molar-refractivity contribution is 7.09. The second-order valence-corrected chi connectivity index (χ2v) is 7.93. The Morgan fingerprint density at radius 3 is 2.82 bits per heavy atom. The SMILES string of the molecule is CC(C)c1nc(CN(C)[C@H]2CCOC3(CCOCC3)C2)cs1. The maximum Gasteiger partial charge on any atom is 0.0954 e. The molecule has 0 aliphatic carbocycles. The molecule has 2 aliphatic rings. The predicted molar refractivity (Wildman–Crippen MR) is 89.4 cm³/mol. The van der Waals surface area contributed by atoms with Crippen LogP contribution < -0.4 is 0 Å². The van der Waals surface area contributed by atoms with Gasteiger partial charge in [0.2, 0.25) is 0 Å². The molecule has 1 aromatic rings. The molecule has 0 aromatic carbocycles. The number of nitrogens with zero attached hydrogens (tertiary/aromatic N) is 2. The third kappa shape index (κ3) is 3.70. The van der Waals surface area contributed by atoms with Gasteiger partial charge in [0.15, 0.2) is 0 Å². The molecule has 0 amide bonds. The van der Waals surface area contributed by atoms with E-state index in [-0.39, 0.29) is 5.60 Å². The summed E-state index contributed by atoms with van der Waals surface area (Å²) in [5.74, 6) is 0.526. The third-order valence-electron chi connectivity index (χ3n) is 4.97. The van der Waals surface area contributed by atoms with Crippen molar-refractivity contribution in [3.8, 4) is 0 Å². The number of ether oxygens (including phenoxy) is 2. The van der Waals surface area contributed by atoms with Gasteiger partial charge in [0, 0.05) is 43.7 Å². The lowest BCUT2D eigenvalue weighted by atomic mass is 9.83. The van der Waals surface area contributed by atoms with Gasteiger partial charge in [0.25, 0.3) is 0 Å². The number of hydrogen-bond acceptors (Lipinski definition) is 5. The van der Waals surface area contributed by atoms with Crippen LogP contribution in [0.15, 0.2) is 5.38 Å². The first-order valence-electron chi connectivity index (χ1n) is 8.44. The topological polar surface area (TPSA) is 34.6 Å². The minimum atomic E-state index is 0.0700. The van der Waals surface area contributed by atoms with E-state index in [1.165, 1.54) is 10.7 Å². The summed E-state index contributed by atoms with van der Waals surface area (Å²) in [4.78, 5) is 7.25. The summed E-state index contributed by atoms with van der Waals surface area (Å²) < 4.78 is 11.7. The highest BCUT2D eigenvalue weighted by atomic mass is 32.1. The normalized spacial score (nSPS) is 25.2. The maximum absolute atomic E-state index is 6.15. The number of rotatable bonds is 4. The molecule has 1 aromatic heterocycles. The molecule has 3 rings (SSSR count). The van der Waals surface area contributed by atoms with Gasteiger partial charge in [0.1, 0.15) is 0 Å². The third-order valence-corrected chi connectivity index (χ3v) is 6.16. The average Bonchev–Trinajstić information content (AvgIpc) is 2.97. The van der Waals surface area contributed by atoms with Crippen molar-refractivity contribution in [1.82, 2.24) is 9.88 Å². The second-order valence-electron chi connectivity index (χ2n) is 7.04. The largest absolute Gasteiger partial charge is 0.381 e. The maximum atomic E-state index is 6.15. The van der Waals surface area contributed by atoms with Crippen LogP contribution in [-0.2, 0) is 16.0 Å². The Morgan fingerprint density at radius 2 is 2.14 bits per heavy atom. The van der Waals surface area contributed by atoms with Crippen LogP contribution in [0.3, 0.4) is 0 Å². The predicted octanol–water partition coefficient (Wildman–Crippen LogP) is 3.43. The summed E-state index contributed by atoms with van der Waals surface area (Å²) in [5.41, 5.74) is 1.28. The van der Waals surface area contributed by atoms with Crippen LogP contribution >= 0.6 is 11.3 Å². The quantitative estimate of drug-likeness (QED) is 0.850. The summed E-state index contributed by atoms with van der Waals surface area (Å²) in [6, 6.07) is 0.594. The lowest BCUT2D eigenvalue weighted by Crippen LogP contribution is -2.50. The first kappa shape index (κ1) is 16.4. The first-order chi connectivity index (χ1) is 10.6. The molecule has 0 unspecified atom stereocenters. The lowest BCUT2D eigenvalue weighted by molar-refractivity contribution is -0.150. The molecule has 1 spiro atoms. The van der Waals surface area contributed by atoms with Crippen molar-refractivity contribution in [2.75, 3.05) is 26.9 Å². The Labute approximate surface area is 137 Å². The fraction of sp³-hybridized carbons (Fsp3) is 0.824. The van der Waals surface area contributed by atoms with Crippen molar-refractivity contribution in [3.63, 3.8) is 0 Å². The lowest BCUT2D eigenvalue weighted by Gasteiger charge is -2.45. The smallest absolute Gasteiger partial charge is 0.0954 e. The molecular weight excluding hydrogens is 296 g/mol. The van der Waals surface area contributed by atoms with Crippen LogP contribution in [0.1, 0.15) is 56.2 Å². The van der Waals surface area contributed by atoms with Gasteiger partial charge in [-0.25, -0.2) is 4.98 Å². The van der Waals surface area contributed by atoms with E-state index in [4.69, 9.17) is 14.5 Å². The Bertz CT molecular complexity index is 477. The molecule has 4 nitrogen and oxygen atoms in total. The standard InChI is InChI=1S/C17H28N2O2S/c1-13(2)16-18-14(12-22-16)11-19(3)15-4-7-21-17(10-15)5-8-20-9-6-17/h12-13,15H,4-11H2,1-3H3/t15-/m0/s1. The molecule has 0 radical (unpaired) electrons. The molecule has 2 aliphatic heterocycles. The fourth-order valence-corrected chi connectivity index (χ4v) is 4.34. The molecule has 22 heavy (non-hydrogen) atoms. The van der Waals surface area contributed by atoms with Gasteiger partial charge in [-0.3, -0.25) is 4.90 Å². The van der Waals surface area contributed by atoms with Gasteiger partial charge in [-0.2, -0.15) is 0 Å². The highest BCUT2D eigenvalue weighted by Gasteiger charge is 2.40. The minimum absolute atomic E-state index is 0.0700. The van der Waals surface area contributed by atoms with Crippen LogP contribution in [0.2, 0.25) is 0 Å². The molecular formula is C17H28N2O2S. The number of hydrogen-bond donors (Lipinski definition) is 0. The molecule has 2 fully saturated rings.